The number of carbonyl (C=O) groups is 5. The second-order valence-corrected chi connectivity index (χ2v) is 12.7. The number of rotatable bonds is 18. The van der Waals surface area contributed by atoms with E-state index in [9.17, 15) is 24.0 Å². The highest BCUT2D eigenvalue weighted by molar-refractivity contribution is 6.27. The molecule has 14 heteroatoms. The number of hydrogen-bond acceptors (Lipinski definition) is 8. The fraction of sp³-hybridized carbons (Fsp3) is 0.514. The molecule has 1 aliphatic heterocycles. The first-order chi connectivity index (χ1) is 23.5. The number of ether oxygens (including phenoxy) is 2. The highest BCUT2D eigenvalue weighted by atomic mass is 35.5. The van der Waals surface area contributed by atoms with Crippen molar-refractivity contribution in [3.63, 3.8) is 0 Å². The van der Waals surface area contributed by atoms with Crippen molar-refractivity contribution >= 4 is 41.1 Å². The van der Waals surface area contributed by atoms with E-state index in [0.29, 0.717) is 32.1 Å². The molecule has 5 N–H and O–H groups in total. The summed E-state index contributed by atoms with van der Waals surface area (Å²) in [6.45, 7) is 7.99. The Labute approximate surface area is 293 Å². The number of amides is 5. The fourth-order valence-corrected chi connectivity index (χ4v) is 5.24. The Morgan fingerprint density at radius 1 is 0.796 bits per heavy atom. The number of carbonyl (C=O) groups excluding carboxylic acids is 5. The van der Waals surface area contributed by atoms with Gasteiger partial charge in [0.2, 0.25) is 29.5 Å². The van der Waals surface area contributed by atoms with Gasteiger partial charge in [0, 0.05) is 32.6 Å². The average molecular weight is 701 g/mol. The molecular formula is C35H49ClN6O7. The van der Waals surface area contributed by atoms with Crippen LogP contribution in [-0.2, 0) is 41.7 Å². The number of hydrogen-bond donors (Lipinski definition) is 5. The van der Waals surface area contributed by atoms with Crippen LogP contribution in [0.4, 0.5) is 0 Å². The molecule has 1 aliphatic rings. The molecule has 268 valence electrons. The van der Waals surface area contributed by atoms with Gasteiger partial charge in [0.1, 0.15) is 29.8 Å². The Balaban J connectivity index is 1.76. The van der Waals surface area contributed by atoms with Crippen LogP contribution in [0, 0.1) is 12.8 Å². The molecule has 1 heterocycles. The normalized spacial score (nSPS) is 15.0. The third-order valence-corrected chi connectivity index (χ3v) is 8.15. The van der Waals surface area contributed by atoms with Crippen molar-refractivity contribution < 1.29 is 33.4 Å². The van der Waals surface area contributed by atoms with Crippen molar-refractivity contribution in [1.82, 2.24) is 31.5 Å². The third-order valence-electron chi connectivity index (χ3n) is 7.91. The first-order valence-electron chi connectivity index (χ1n) is 16.5. The summed E-state index contributed by atoms with van der Waals surface area (Å²) in [4.78, 5) is 67.7. The van der Waals surface area contributed by atoms with E-state index >= 15 is 0 Å². The third kappa shape index (κ3) is 14.1. The van der Waals surface area contributed by atoms with Gasteiger partial charge in [-0.25, -0.2) is 0 Å². The van der Waals surface area contributed by atoms with Gasteiger partial charge in [-0.2, -0.15) is 0 Å². The summed E-state index contributed by atoms with van der Waals surface area (Å²) in [5, 5.41) is 13.7. The summed E-state index contributed by atoms with van der Waals surface area (Å²) in [5.74, 6) is -2.24. The first-order valence-corrected chi connectivity index (χ1v) is 17.0. The van der Waals surface area contributed by atoms with Crippen LogP contribution >= 0.6 is 11.6 Å². The lowest BCUT2D eigenvalue weighted by molar-refractivity contribution is -0.134. The quantitative estimate of drug-likeness (QED) is 0.144. The van der Waals surface area contributed by atoms with Crippen molar-refractivity contribution in [1.29, 1.82) is 0 Å². The molecule has 5 amide bonds. The maximum atomic E-state index is 13.8. The summed E-state index contributed by atoms with van der Waals surface area (Å²) in [5.41, 5.74) is 2.79. The molecule has 49 heavy (non-hydrogen) atoms. The molecule has 2 aromatic carbocycles. The van der Waals surface area contributed by atoms with Gasteiger partial charge in [-0.05, 0) is 42.5 Å². The zero-order valence-corrected chi connectivity index (χ0v) is 29.4. The molecule has 1 saturated heterocycles. The average Bonchev–Trinajstić information content (AvgIpc) is 3.09. The summed E-state index contributed by atoms with van der Waals surface area (Å²) < 4.78 is 10.6. The molecule has 2 aromatic rings. The molecule has 0 unspecified atom stereocenters. The molecule has 0 radical (unpaired) electrons. The van der Waals surface area contributed by atoms with Crippen LogP contribution in [0.5, 0.6) is 5.75 Å². The minimum Gasteiger partial charge on any atom is -0.497 e. The van der Waals surface area contributed by atoms with Crippen LogP contribution < -0.4 is 31.3 Å². The number of alkyl halides is 1. The number of aryl methyl sites for hydroxylation is 1. The fourth-order valence-electron chi connectivity index (χ4n) is 5.15. The standard InChI is InChI=1S/C35H49ClN6O7/c1-23(2)17-28(40-35(47)30(21-37-31(43)19-36)39-32(44)22-42-13-15-49-16-14-42)34(46)41-29(18-25-9-11-27(48-4)12-10-25)33(45)38-20-26-7-5-24(3)6-8-26/h5-12,23,28-30H,13-22H2,1-4H3,(H,37,43)(H,38,45)(H,39,44)(H,40,47)(H,41,46)/t28-,29-,30-/m0/s1. The predicted molar refractivity (Wildman–Crippen MR) is 186 cm³/mol. The molecule has 0 saturated carbocycles. The topological polar surface area (TPSA) is 167 Å². The molecule has 13 nitrogen and oxygen atoms in total. The Bertz CT molecular complexity index is 1380. The van der Waals surface area contributed by atoms with Crippen LogP contribution in [0.15, 0.2) is 48.5 Å². The number of morpholine rings is 1. The Kier molecular flexibility index (Phi) is 16.3. The molecule has 0 bridgehead atoms. The number of nitrogens with zero attached hydrogens (tertiary/aromatic N) is 1. The van der Waals surface area contributed by atoms with Gasteiger partial charge < -0.3 is 36.1 Å². The predicted octanol–water partition coefficient (Wildman–Crippen LogP) is 1.05. The number of nitrogens with one attached hydrogen (secondary N) is 5. The van der Waals surface area contributed by atoms with E-state index in [1.165, 1.54) is 0 Å². The van der Waals surface area contributed by atoms with Crippen molar-refractivity contribution in [2.75, 3.05) is 52.4 Å². The Morgan fingerprint density at radius 2 is 1.41 bits per heavy atom. The number of methoxy groups -OCH3 is 1. The van der Waals surface area contributed by atoms with Crippen LogP contribution in [0.25, 0.3) is 0 Å². The van der Waals surface area contributed by atoms with Crippen molar-refractivity contribution in [3.05, 3.63) is 65.2 Å². The number of benzene rings is 2. The van der Waals surface area contributed by atoms with Crippen molar-refractivity contribution in [2.45, 2.75) is 58.3 Å². The Hall–Kier alpha value is -4.20. The SMILES string of the molecule is COc1ccc(C[C@H](NC(=O)[C@H](CC(C)C)NC(=O)[C@H](CNC(=O)CCl)NC(=O)CN2CCOCC2)C(=O)NCc2ccc(C)cc2)cc1. The van der Waals surface area contributed by atoms with Gasteiger partial charge in [0.15, 0.2) is 0 Å². The highest BCUT2D eigenvalue weighted by Gasteiger charge is 2.31. The zero-order valence-electron chi connectivity index (χ0n) is 28.7. The van der Waals surface area contributed by atoms with Crippen LogP contribution in [0.1, 0.15) is 37.0 Å². The second kappa shape index (κ2) is 20.3. The van der Waals surface area contributed by atoms with Gasteiger partial charge in [0.05, 0.1) is 26.9 Å². The maximum Gasteiger partial charge on any atom is 0.245 e. The van der Waals surface area contributed by atoms with Gasteiger partial charge in [-0.15, -0.1) is 11.6 Å². The van der Waals surface area contributed by atoms with Crippen LogP contribution in [-0.4, -0.2) is 105 Å². The minimum absolute atomic E-state index is 0.0169. The van der Waals surface area contributed by atoms with Crippen molar-refractivity contribution in [3.8, 4) is 5.75 Å². The molecule has 0 spiro atoms. The second-order valence-electron chi connectivity index (χ2n) is 12.5. The van der Waals surface area contributed by atoms with E-state index in [1.807, 2.05) is 62.1 Å². The zero-order chi connectivity index (χ0) is 35.8. The maximum absolute atomic E-state index is 13.8. The van der Waals surface area contributed by atoms with Crippen LogP contribution in [0.3, 0.4) is 0 Å². The van der Waals surface area contributed by atoms with Gasteiger partial charge >= 0.3 is 0 Å². The van der Waals surface area contributed by atoms with E-state index in [4.69, 9.17) is 21.1 Å². The lowest BCUT2D eigenvalue weighted by Crippen LogP contribution is -2.59. The monoisotopic (exact) mass is 700 g/mol. The van der Waals surface area contributed by atoms with Crippen LogP contribution in [0.2, 0.25) is 0 Å². The van der Waals surface area contributed by atoms with E-state index in [0.717, 1.165) is 16.7 Å². The van der Waals surface area contributed by atoms with E-state index in [2.05, 4.69) is 26.6 Å². The lowest BCUT2D eigenvalue weighted by Gasteiger charge is -2.28. The first kappa shape index (κ1) is 39.2. The van der Waals surface area contributed by atoms with Crippen molar-refractivity contribution in [2.24, 2.45) is 5.92 Å². The summed E-state index contributed by atoms with van der Waals surface area (Å²) in [6.07, 6.45) is 0.433. The summed E-state index contributed by atoms with van der Waals surface area (Å²) in [6, 6.07) is 11.7. The van der Waals surface area contributed by atoms with Gasteiger partial charge in [0.25, 0.3) is 0 Å². The molecule has 0 aromatic heterocycles. The summed E-state index contributed by atoms with van der Waals surface area (Å²) >= 11 is 5.63. The molecule has 3 rings (SSSR count). The molecule has 1 fully saturated rings. The molecular weight excluding hydrogens is 652 g/mol. The molecule has 0 aliphatic carbocycles. The Morgan fingerprint density at radius 3 is 2.02 bits per heavy atom. The van der Waals surface area contributed by atoms with E-state index < -0.39 is 47.7 Å². The minimum atomic E-state index is -1.18. The highest BCUT2D eigenvalue weighted by Crippen LogP contribution is 2.14. The van der Waals surface area contributed by atoms with E-state index in [-0.39, 0.29) is 44.3 Å². The summed E-state index contributed by atoms with van der Waals surface area (Å²) in [7, 11) is 1.56. The van der Waals surface area contributed by atoms with Gasteiger partial charge in [-0.1, -0.05) is 55.8 Å². The van der Waals surface area contributed by atoms with E-state index in [1.54, 1.807) is 19.2 Å². The van der Waals surface area contributed by atoms with Gasteiger partial charge in [-0.3, -0.25) is 28.9 Å². The lowest BCUT2D eigenvalue weighted by atomic mass is 10.0. The smallest absolute Gasteiger partial charge is 0.245 e. The largest absolute Gasteiger partial charge is 0.497 e. The number of halogens is 1. The molecule has 3 atom stereocenters.